The molecular weight excluding hydrogens is 404 g/mol. The maximum Gasteiger partial charge on any atom is 0.262 e. The number of pyridine rings is 1. The van der Waals surface area contributed by atoms with Crippen LogP contribution < -0.4 is 15.0 Å². The number of fused-ring (bicyclic) bond motifs is 2. The average Bonchev–Trinajstić information content (AvgIpc) is 2.78. The molecule has 2 aromatic carbocycles. The third-order valence-corrected chi connectivity index (χ3v) is 6.33. The van der Waals surface area contributed by atoms with E-state index in [1.807, 2.05) is 32.0 Å². The molecule has 3 aromatic rings. The van der Waals surface area contributed by atoms with Gasteiger partial charge in [0.2, 0.25) is 0 Å². The zero-order valence-corrected chi connectivity index (χ0v) is 18.5. The first kappa shape index (κ1) is 20.7. The topological polar surface area (TPSA) is 77.9 Å². The van der Waals surface area contributed by atoms with E-state index in [0.717, 1.165) is 43.0 Å². The Hall–Kier alpha value is -3.16. The number of β-amino-alcohol motifs (C(OH)–C–C–N with tert-alkyl or cyclic N) is 1. The number of aryl methyl sites for hydroxylation is 1. The summed E-state index contributed by atoms with van der Waals surface area (Å²) in [4.78, 5) is 21.0. The van der Waals surface area contributed by atoms with E-state index in [9.17, 15) is 9.90 Å². The van der Waals surface area contributed by atoms with Gasteiger partial charge in [-0.2, -0.15) is 0 Å². The Morgan fingerprint density at radius 1 is 1.12 bits per heavy atom. The molecule has 1 fully saturated rings. The standard InChI is InChI=1S/C25H28N4O3/c1-17-6-8-19-20(26-17)4-3-5-22(19)29-12-10-28(11-13-29)16-25(2,31)18-7-9-23-21(14-18)27-24(30)15-32-23/h3-9,14,31H,10-13,15-16H2,1-2H3,(H,27,30). The van der Waals surface area contributed by atoms with Gasteiger partial charge in [0.15, 0.2) is 6.61 Å². The van der Waals surface area contributed by atoms with Gasteiger partial charge in [0.05, 0.1) is 16.8 Å². The lowest BCUT2D eigenvalue weighted by molar-refractivity contribution is -0.118. The highest BCUT2D eigenvalue weighted by atomic mass is 16.5. The lowest BCUT2D eigenvalue weighted by Gasteiger charge is -2.39. The molecular formula is C25H28N4O3. The van der Waals surface area contributed by atoms with Gasteiger partial charge in [-0.25, -0.2) is 0 Å². The molecule has 166 valence electrons. The van der Waals surface area contributed by atoms with Crippen molar-refractivity contribution in [1.82, 2.24) is 9.88 Å². The Balaban J connectivity index is 1.27. The van der Waals surface area contributed by atoms with Gasteiger partial charge < -0.3 is 20.1 Å². The minimum atomic E-state index is -1.04. The van der Waals surface area contributed by atoms with Crippen molar-refractivity contribution in [3.8, 4) is 5.75 Å². The van der Waals surface area contributed by atoms with Gasteiger partial charge in [-0.15, -0.1) is 0 Å². The molecule has 0 bridgehead atoms. The van der Waals surface area contributed by atoms with E-state index < -0.39 is 5.60 Å². The number of hydrogen-bond donors (Lipinski definition) is 2. The number of carbonyl (C=O) groups excluding carboxylic acids is 1. The van der Waals surface area contributed by atoms with Gasteiger partial charge in [0.1, 0.15) is 5.75 Å². The van der Waals surface area contributed by atoms with Crippen LogP contribution in [-0.4, -0.2) is 60.2 Å². The van der Waals surface area contributed by atoms with Crippen LogP contribution in [0.5, 0.6) is 5.75 Å². The van der Waals surface area contributed by atoms with Crippen molar-refractivity contribution in [3.63, 3.8) is 0 Å². The maximum absolute atomic E-state index is 11.6. The van der Waals surface area contributed by atoms with Crippen LogP contribution in [0, 0.1) is 6.92 Å². The molecule has 0 radical (unpaired) electrons. The summed E-state index contributed by atoms with van der Waals surface area (Å²) in [7, 11) is 0. The molecule has 7 heteroatoms. The number of nitrogens with one attached hydrogen (secondary N) is 1. The van der Waals surface area contributed by atoms with E-state index in [1.54, 1.807) is 0 Å². The highest BCUT2D eigenvalue weighted by molar-refractivity contribution is 5.95. The van der Waals surface area contributed by atoms with E-state index in [2.05, 4.69) is 50.4 Å². The summed E-state index contributed by atoms with van der Waals surface area (Å²) >= 11 is 0. The summed E-state index contributed by atoms with van der Waals surface area (Å²) in [5, 5.41) is 15.2. The monoisotopic (exact) mass is 432 g/mol. The SMILES string of the molecule is Cc1ccc2c(N3CCN(CC(C)(O)c4ccc5c(c4)NC(=O)CO5)CC3)cccc2n1. The molecule has 0 aliphatic carbocycles. The molecule has 2 aliphatic rings. The van der Waals surface area contributed by atoms with Crippen molar-refractivity contribution in [1.29, 1.82) is 0 Å². The molecule has 2 N–H and O–H groups in total. The Labute approximate surface area is 187 Å². The highest BCUT2D eigenvalue weighted by Gasteiger charge is 2.30. The Morgan fingerprint density at radius 3 is 2.75 bits per heavy atom. The molecule has 3 heterocycles. The number of aromatic nitrogens is 1. The number of aliphatic hydroxyl groups is 1. The fourth-order valence-corrected chi connectivity index (χ4v) is 4.61. The molecule has 7 nitrogen and oxygen atoms in total. The van der Waals surface area contributed by atoms with Crippen LogP contribution in [0.4, 0.5) is 11.4 Å². The third-order valence-electron chi connectivity index (χ3n) is 6.33. The fourth-order valence-electron chi connectivity index (χ4n) is 4.61. The average molecular weight is 433 g/mol. The van der Waals surface area contributed by atoms with E-state index in [1.165, 1.54) is 11.1 Å². The number of benzene rings is 2. The van der Waals surface area contributed by atoms with Crippen molar-refractivity contribution < 1.29 is 14.6 Å². The zero-order valence-electron chi connectivity index (χ0n) is 18.5. The predicted molar refractivity (Wildman–Crippen MR) is 125 cm³/mol. The zero-order chi connectivity index (χ0) is 22.3. The number of piperazine rings is 1. The third kappa shape index (κ3) is 4.01. The minimum Gasteiger partial charge on any atom is -0.482 e. The van der Waals surface area contributed by atoms with Crippen LogP contribution in [0.3, 0.4) is 0 Å². The molecule has 1 atom stereocenters. The molecule has 1 unspecified atom stereocenters. The van der Waals surface area contributed by atoms with Gasteiger partial charge in [-0.3, -0.25) is 14.7 Å². The largest absolute Gasteiger partial charge is 0.482 e. The first-order valence-electron chi connectivity index (χ1n) is 11.0. The maximum atomic E-state index is 11.6. The second kappa shape index (κ2) is 8.07. The van der Waals surface area contributed by atoms with E-state index in [4.69, 9.17) is 4.74 Å². The predicted octanol–water partition coefficient (Wildman–Crippen LogP) is 2.90. The number of anilines is 2. The first-order chi connectivity index (χ1) is 15.4. The summed E-state index contributed by atoms with van der Waals surface area (Å²) in [6.45, 7) is 7.87. The Morgan fingerprint density at radius 2 is 1.94 bits per heavy atom. The smallest absolute Gasteiger partial charge is 0.262 e. The second-order valence-electron chi connectivity index (χ2n) is 8.88. The lowest BCUT2D eigenvalue weighted by atomic mass is 9.94. The van der Waals surface area contributed by atoms with Crippen LogP contribution in [0.1, 0.15) is 18.2 Å². The highest BCUT2D eigenvalue weighted by Crippen LogP contribution is 2.33. The van der Waals surface area contributed by atoms with Gasteiger partial charge in [-0.1, -0.05) is 12.1 Å². The minimum absolute atomic E-state index is 0.0272. The van der Waals surface area contributed by atoms with Crippen LogP contribution in [0.2, 0.25) is 0 Å². The molecule has 1 amide bonds. The normalized spacial score (nSPS) is 18.6. The second-order valence-corrected chi connectivity index (χ2v) is 8.88. The van der Waals surface area contributed by atoms with Crippen LogP contribution >= 0.6 is 0 Å². The summed E-state index contributed by atoms with van der Waals surface area (Å²) in [6.07, 6.45) is 0. The van der Waals surface area contributed by atoms with E-state index in [-0.39, 0.29) is 12.5 Å². The van der Waals surface area contributed by atoms with Gasteiger partial charge >= 0.3 is 0 Å². The van der Waals surface area contributed by atoms with Crippen molar-refractivity contribution >= 4 is 28.2 Å². The number of nitrogens with zero attached hydrogens (tertiary/aromatic N) is 3. The van der Waals surface area contributed by atoms with Gasteiger partial charge in [0.25, 0.3) is 5.91 Å². The lowest BCUT2D eigenvalue weighted by Crippen LogP contribution is -2.50. The van der Waals surface area contributed by atoms with Crippen LogP contribution in [0.25, 0.3) is 10.9 Å². The number of ether oxygens (including phenoxy) is 1. The summed E-state index contributed by atoms with van der Waals surface area (Å²) in [5.74, 6) is 0.460. The first-order valence-corrected chi connectivity index (χ1v) is 11.0. The molecule has 0 spiro atoms. The van der Waals surface area contributed by atoms with E-state index >= 15 is 0 Å². The van der Waals surface area contributed by atoms with Crippen molar-refractivity contribution in [2.24, 2.45) is 0 Å². The van der Waals surface area contributed by atoms with Crippen molar-refractivity contribution in [3.05, 3.63) is 59.8 Å². The number of amides is 1. The quantitative estimate of drug-likeness (QED) is 0.660. The number of hydrogen-bond acceptors (Lipinski definition) is 6. The molecule has 1 aromatic heterocycles. The molecule has 0 saturated carbocycles. The fraction of sp³-hybridized carbons (Fsp3) is 0.360. The Kier molecular flexibility index (Phi) is 5.23. The van der Waals surface area contributed by atoms with Crippen LogP contribution in [-0.2, 0) is 10.4 Å². The molecule has 1 saturated heterocycles. The summed E-state index contributed by atoms with van der Waals surface area (Å²) in [6, 6.07) is 16.0. The van der Waals surface area contributed by atoms with Crippen molar-refractivity contribution in [2.75, 3.05) is 49.5 Å². The molecule has 32 heavy (non-hydrogen) atoms. The van der Waals surface area contributed by atoms with Gasteiger partial charge in [-0.05, 0) is 55.8 Å². The van der Waals surface area contributed by atoms with Gasteiger partial charge in [0, 0.05) is 49.5 Å². The van der Waals surface area contributed by atoms with E-state index in [0.29, 0.717) is 18.0 Å². The molecule has 2 aliphatic heterocycles. The summed E-state index contributed by atoms with van der Waals surface area (Å²) in [5.41, 5.74) is 3.60. The number of carbonyl (C=O) groups is 1. The van der Waals surface area contributed by atoms with Crippen molar-refractivity contribution in [2.45, 2.75) is 19.4 Å². The summed E-state index contributed by atoms with van der Waals surface area (Å²) < 4.78 is 5.43. The van der Waals surface area contributed by atoms with Crippen LogP contribution in [0.15, 0.2) is 48.5 Å². The Bertz CT molecular complexity index is 1170. The molecule has 5 rings (SSSR count). The number of rotatable bonds is 4.